The number of rotatable bonds is 3. The van der Waals surface area contributed by atoms with Crippen LogP contribution in [0.4, 0.5) is 4.39 Å². The molecule has 5 fully saturated rings. The summed E-state index contributed by atoms with van der Waals surface area (Å²) < 4.78 is 15.5. The summed E-state index contributed by atoms with van der Waals surface area (Å²) in [5.41, 5.74) is 1.24. The molecule has 0 bridgehead atoms. The minimum atomic E-state index is -1.36. The minimum Gasteiger partial charge on any atom is -0.380 e. The Bertz CT molecular complexity index is 641. The molecule has 5 N–H and O–H groups in total. The molecular formula is C21H36FN5O2. The zero-order valence-electron chi connectivity index (χ0n) is 17.4. The number of fused-ring (bicyclic) bond motifs is 2. The van der Waals surface area contributed by atoms with Gasteiger partial charge in [-0.05, 0) is 70.5 Å². The molecule has 0 aromatic carbocycles. The smallest absolute Gasteiger partial charge is 0.253 e. The highest BCUT2D eigenvalue weighted by atomic mass is 19.1. The Labute approximate surface area is 172 Å². The number of carbonyl (C=O) groups excluding carboxylic acids is 1. The van der Waals surface area contributed by atoms with Gasteiger partial charge in [-0.3, -0.25) is 15.5 Å². The number of nitrogens with one attached hydrogen (secondary N) is 4. The van der Waals surface area contributed by atoms with E-state index in [1.165, 1.54) is 12.8 Å². The quantitative estimate of drug-likeness (QED) is 0.460. The van der Waals surface area contributed by atoms with Gasteiger partial charge in [-0.2, -0.15) is 0 Å². The zero-order valence-corrected chi connectivity index (χ0v) is 17.4. The van der Waals surface area contributed by atoms with E-state index in [0.29, 0.717) is 31.3 Å². The van der Waals surface area contributed by atoms with Crippen LogP contribution in [-0.2, 0) is 4.79 Å². The molecule has 0 radical (unpaired) electrons. The largest absolute Gasteiger partial charge is 0.380 e. The van der Waals surface area contributed by atoms with Gasteiger partial charge in [0.15, 0.2) is 0 Å². The molecule has 7 atom stereocenters. The van der Waals surface area contributed by atoms with Gasteiger partial charge >= 0.3 is 0 Å². The van der Waals surface area contributed by atoms with Crippen molar-refractivity contribution in [2.24, 2.45) is 17.8 Å². The van der Waals surface area contributed by atoms with Crippen molar-refractivity contribution in [3.8, 4) is 0 Å². The lowest BCUT2D eigenvalue weighted by molar-refractivity contribution is -0.138. The van der Waals surface area contributed by atoms with E-state index in [2.05, 4.69) is 26.4 Å². The highest BCUT2D eigenvalue weighted by Gasteiger charge is 2.59. The number of piperidine rings is 2. The molecule has 1 saturated carbocycles. The molecule has 0 spiro atoms. The van der Waals surface area contributed by atoms with Crippen LogP contribution in [0.15, 0.2) is 0 Å². The lowest BCUT2D eigenvalue weighted by atomic mass is 9.67. The normalized spacial score (nSPS) is 47.5. The van der Waals surface area contributed by atoms with E-state index in [0.717, 1.165) is 38.9 Å². The van der Waals surface area contributed by atoms with Gasteiger partial charge < -0.3 is 15.7 Å². The molecule has 5 rings (SSSR count). The first kappa shape index (κ1) is 20.1. The molecule has 4 heterocycles. The summed E-state index contributed by atoms with van der Waals surface area (Å²) >= 11 is 0. The Hall–Kier alpha value is -0.800. The number of hydrogen-bond acceptors (Lipinski definition) is 6. The number of alkyl halides is 1. The predicted molar refractivity (Wildman–Crippen MR) is 107 cm³/mol. The molecule has 4 saturated heterocycles. The van der Waals surface area contributed by atoms with Crippen molar-refractivity contribution in [3.05, 3.63) is 0 Å². The number of carbonyl (C=O) groups is 1. The topological polar surface area (TPSA) is 88.7 Å². The SMILES string of the molecule is C[C@@]1(O)C(=O)NC2NCCC(C3NN(CC4(F)CCNCC4)C4CCCCC34)C21. The monoisotopic (exact) mass is 409 g/mol. The molecule has 1 amide bonds. The van der Waals surface area contributed by atoms with Crippen LogP contribution < -0.4 is 21.4 Å². The zero-order chi connectivity index (χ0) is 20.2. The van der Waals surface area contributed by atoms with E-state index in [1.807, 2.05) is 0 Å². The molecular weight excluding hydrogens is 373 g/mol. The summed E-state index contributed by atoms with van der Waals surface area (Å²) in [6, 6.07) is 0.555. The Morgan fingerprint density at radius 3 is 2.69 bits per heavy atom. The highest BCUT2D eigenvalue weighted by Crippen LogP contribution is 2.46. The summed E-state index contributed by atoms with van der Waals surface area (Å²) in [6.07, 6.45) is 6.54. The van der Waals surface area contributed by atoms with Crippen LogP contribution in [0.1, 0.15) is 51.9 Å². The maximum absolute atomic E-state index is 15.5. The van der Waals surface area contributed by atoms with Crippen LogP contribution in [0, 0.1) is 17.8 Å². The van der Waals surface area contributed by atoms with Crippen LogP contribution in [0.25, 0.3) is 0 Å². The lowest BCUT2D eigenvalue weighted by Gasteiger charge is -2.43. The fourth-order valence-corrected chi connectivity index (χ4v) is 6.93. The maximum Gasteiger partial charge on any atom is 0.253 e. The van der Waals surface area contributed by atoms with E-state index in [9.17, 15) is 9.90 Å². The Morgan fingerprint density at radius 1 is 1.14 bits per heavy atom. The van der Waals surface area contributed by atoms with Crippen LogP contribution in [0.2, 0.25) is 0 Å². The van der Waals surface area contributed by atoms with Gasteiger partial charge in [-0.15, -0.1) is 0 Å². The maximum atomic E-state index is 15.5. The fourth-order valence-electron chi connectivity index (χ4n) is 6.93. The number of halogens is 1. The van der Waals surface area contributed by atoms with Crippen molar-refractivity contribution in [1.82, 2.24) is 26.4 Å². The van der Waals surface area contributed by atoms with Crippen LogP contribution >= 0.6 is 0 Å². The Balaban J connectivity index is 1.39. The van der Waals surface area contributed by atoms with E-state index in [-0.39, 0.29) is 30.0 Å². The van der Waals surface area contributed by atoms with Gasteiger partial charge in [0.2, 0.25) is 0 Å². The van der Waals surface area contributed by atoms with Gasteiger partial charge in [0.25, 0.3) is 5.91 Å². The molecule has 1 aliphatic carbocycles. The van der Waals surface area contributed by atoms with Crippen LogP contribution in [0.3, 0.4) is 0 Å². The molecule has 164 valence electrons. The third-order valence-electron chi connectivity index (χ3n) is 8.43. The molecule has 8 heteroatoms. The fraction of sp³-hybridized carbons (Fsp3) is 0.952. The van der Waals surface area contributed by atoms with Crippen molar-refractivity contribution >= 4 is 5.91 Å². The van der Waals surface area contributed by atoms with Gasteiger partial charge in [0.1, 0.15) is 11.3 Å². The Morgan fingerprint density at radius 2 is 1.90 bits per heavy atom. The second kappa shape index (κ2) is 7.41. The summed E-state index contributed by atoms with van der Waals surface area (Å²) in [5, 5.41) is 22.8. The number of nitrogens with zero attached hydrogens (tertiary/aromatic N) is 1. The van der Waals surface area contributed by atoms with Crippen molar-refractivity contribution in [2.45, 2.75) is 81.4 Å². The standard InChI is InChI=1S/C21H36FN5O2/c1-20(29)16-14(6-9-24-18(16)25-19(20)28)17-13-4-2-3-5-15(13)27(26-17)12-21(22)7-10-23-11-8-21/h13-18,23-24,26,29H,2-12H2,1H3,(H,25,28)/t13?,14?,15?,16?,17?,18?,20-/m0/s1. The average molecular weight is 410 g/mol. The summed E-state index contributed by atoms with van der Waals surface area (Å²) in [4.78, 5) is 12.4. The average Bonchev–Trinajstić information content (AvgIpc) is 3.17. The number of amides is 1. The number of hydrogen-bond donors (Lipinski definition) is 5. The lowest BCUT2D eigenvalue weighted by Crippen LogP contribution is -2.58. The van der Waals surface area contributed by atoms with Crippen molar-refractivity contribution in [1.29, 1.82) is 0 Å². The minimum absolute atomic E-state index is 0.165. The number of hydrazine groups is 1. The van der Waals surface area contributed by atoms with Gasteiger partial charge in [0, 0.05) is 24.5 Å². The van der Waals surface area contributed by atoms with E-state index in [1.54, 1.807) is 6.92 Å². The molecule has 6 unspecified atom stereocenters. The first-order valence-electron chi connectivity index (χ1n) is 11.6. The third kappa shape index (κ3) is 3.41. The molecule has 5 aliphatic rings. The highest BCUT2D eigenvalue weighted by molar-refractivity contribution is 5.87. The van der Waals surface area contributed by atoms with Crippen molar-refractivity contribution in [2.75, 3.05) is 26.2 Å². The third-order valence-corrected chi connectivity index (χ3v) is 8.43. The molecule has 0 aromatic rings. The van der Waals surface area contributed by atoms with Gasteiger partial charge in [-0.1, -0.05) is 12.8 Å². The van der Waals surface area contributed by atoms with E-state index < -0.39 is 11.3 Å². The first-order chi connectivity index (χ1) is 13.9. The second-order valence-electron chi connectivity index (χ2n) is 10.2. The van der Waals surface area contributed by atoms with E-state index >= 15 is 4.39 Å². The van der Waals surface area contributed by atoms with E-state index in [4.69, 9.17) is 0 Å². The summed E-state index contributed by atoms with van der Waals surface area (Å²) in [7, 11) is 0. The van der Waals surface area contributed by atoms with Crippen molar-refractivity contribution in [3.63, 3.8) is 0 Å². The summed E-state index contributed by atoms with van der Waals surface area (Å²) in [5.74, 6) is 0.208. The molecule has 7 nitrogen and oxygen atoms in total. The first-order valence-corrected chi connectivity index (χ1v) is 11.6. The molecule has 4 aliphatic heterocycles. The summed E-state index contributed by atoms with van der Waals surface area (Å²) in [6.45, 7) is 4.42. The van der Waals surface area contributed by atoms with Crippen LogP contribution in [0.5, 0.6) is 0 Å². The Kier molecular flexibility index (Phi) is 5.14. The van der Waals surface area contributed by atoms with Crippen LogP contribution in [-0.4, -0.2) is 71.7 Å². The second-order valence-corrected chi connectivity index (χ2v) is 10.2. The predicted octanol–water partition coefficient (Wildman–Crippen LogP) is 0.258. The van der Waals surface area contributed by atoms with Gasteiger partial charge in [0.05, 0.1) is 6.17 Å². The number of aliphatic hydroxyl groups is 1. The molecule has 0 aromatic heterocycles. The van der Waals surface area contributed by atoms with Crippen molar-refractivity contribution < 1.29 is 14.3 Å². The molecule has 29 heavy (non-hydrogen) atoms. The van der Waals surface area contributed by atoms with Gasteiger partial charge in [-0.25, -0.2) is 9.40 Å².